The summed E-state index contributed by atoms with van der Waals surface area (Å²) in [6.07, 6.45) is 1.53. The van der Waals surface area contributed by atoms with E-state index in [9.17, 15) is 10.1 Å². The van der Waals surface area contributed by atoms with Gasteiger partial charge in [-0.1, -0.05) is 35.9 Å². The van der Waals surface area contributed by atoms with E-state index in [0.717, 1.165) is 27.4 Å². The number of aryl methyl sites for hydroxylation is 1. The van der Waals surface area contributed by atoms with E-state index in [4.69, 9.17) is 16.3 Å². The number of nitrogens with one attached hydrogen (secondary N) is 1. The first-order valence-electron chi connectivity index (χ1n) is 8.89. The lowest BCUT2D eigenvalue weighted by molar-refractivity contribution is -0.112. The Hall–Kier alpha value is -3.14. The average Bonchev–Trinajstić information content (AvgIpc) is 3.07. The summed E-state index contributed by atoms with van der Waals surface area (Å²) in [6.45, 7) is 4.40. The maximum atomic E-state index is 12.5. The number of benzene rings is 2. The fraction of sp³-hybridized carbons (Fsp3) is 0.136. The van der Waals surface area contributed by atoms with Gasteiger partial charge in [0.1, 0.15) is 17.4 Å². The average molecular weight is 424 g/mol. The Bertz CT molecular complexity index is 1100. The lowest BCUT2D eigenvalue weighted by Gasteiger charge is -2.03. The predicted octanol–water partition coefficient (Wildman–Crippen LogP) is 5.72. The van der Waals surface area contributed by atoms with Gasteiger partial charge in [-0.05, 0) is 49.8 Å². The van der Waals surface area contributed by atoms with Crippen molar-refractivity contribution >= 4 is 40.1 Å². The third-order valence-corrected chi connectivity index (χ3v) is 5.10. The molecule has 3 rings (SSSR count). The molecule has 0 aliphatic heterocycles. The van der Waals surface area contributed by atoms with E-state index < -0.39 is 5.91 Å². The van der Waals surface area contributed by atoms with Crippen LogP contribution in [0.15, 0.2) is 54.1 Å². The molecule has 0 saturated heterocycles. The van der Waals surface area contributed by atoms with Crippen molar-refractivity contribution in [1.82, 2.24) is 4.98 Å². The van der Waals surface area contributed by atoms with Gasteiger partial charge in [0.25, 0.3) is 5.91 Å². The van der Waals surface area contributed by atoms with Gasteiger partial charge >= 0.3 is 0 Å². The van der Waals surface area contributed by atoms with E-state index in [-0.39, 0.29) is 5.57 Å². The van der Waals surface area contributed by atoms with E-state index in [1.807, 2.05) is 38.1 Å². The molecule has 1 N–H and O–H groups in total. The molecule has 146 valence electrons. The Morgan fingerprint density at radius 3 is 2.72 bits per heavy atom. The molecule has 1 aromatic heterocycles. The van der Waals surface area contributed by atoms with Crippen LogP contribution in [0.1, 0.15) is 17.4 Å². The summed E-state index contributed by atoms with van der Waals surface area (Å²) in [7, 11) is 0. The van der Waals surface area contributed by atoms with Crippen molar-refractivity contribution in [2.75, 3.05) is 11.9 Å². The van der Waals surface area contributed by atoms with Gasteiger partial charge in [-0.15, -0.1) is 11.3 Å². The van der Waals surface area contributed by atoms with Gasteiger partial charge in [-0.3, -0.25) is 10.1 Å². The summed E-state index contributed by atoms with van der Waals surface area (Å²) in [5, 5.41) is 13.2. The van der Waals surface area contributed by atoms with Crippen molar-refractivity contribution < 1.29 is 9.53 Å². The standard InChI is InChI=1S/C22H18ClN3O2S/c1-3-28-19-9-7-15(8-10-19)11-17(13-24)21(27)26-22-25-20(14(2)29-22)16-5-4-6-18(23)12-16/h4-12H,3H2,1-2H3,(H,25,26,27). The normalized spacial score (nSPS) is 11.0. The first-order valence-corrected chi connectivity index (χ1v) is 10.1. The molecule has 0 unspecified atom stereocenters. The van der Waals surface area contributed by atoms with Crippen LogP contribution in [0, 0.1) is 18.3 Å². The van der Waals surface area contributed by atoms with Crippen LogP contribution in [-0.2, 0) is 4.79 Å². The number of amides is 1. The molecule has 5 nitrogen and oxygen atoms in total. The van der Waals surface area contributed by atoms with E-state index in [0.29, 0.717) is 16.8 Å². The number of thiazole rings is 1. The minimum Gasteiger partial charge on any atom is -0.494 e. The molecule has 7 heteroatoms. The number of nitrogens with zero attached hydrogens (tertiary/aromatic N) is 2. The smallest absolute Gasteiger partial charge is 0.268 e. The second-order valence-corrected chi connectivity index (χ2v) is 7.70. The van der Waals surface area contributed by atoms with Crippen LogP contribution in [0.5, 0.6) is 5.75 Å². The molecule has 1 heterocycles. The number of hydrogen-bond acceptors (Lipinski definition) is 5. The Morgan fingerprint density at radius 2 is 2.07 bits per heavy atom. The molecule has 3 aromatic rings. The maximum absolute atomic E-state index is 12.5. The molecule has 0 aliphatic carbocycles. The van der Waals surface area contributed by atoms with Gasteiger partial charge in [-0.25, -0.2) is 4.98 Å². The zero-order valence-corrected chi connectivity index (χ0v) is 17.5. The molecule has 0 spiro atoms. The topological polar surface area (TPSA) is 75.0 Å². The number of hydrogen-bond donors (Lipinski definition) is 1. The van der Waals surface area contributed by atoms with E-state index in [1.165, 1.54) is 17.4 Å². The number of nitriles is 1. The highest BCUT2D eigenvalue weighted by molar-refractivity contribution is 7.16. The fourth-order valence-electron chi connectivity index (χ4n) is 2.66. The highest BCUT2D eigenvalue weighted by Gasteiger charge is 2.15. The van der Waals surface area contributed by atoms with Gasteiger partial charge in [0.2, 0.25) is 0 Å². The van der Waals surface area contributed by atoms with Gasteiger partial charge in [0.15, 0.2) is 5.13 Å². The number of rotatable bonds is 6. The van der Waals surface area contributed by atoms with Gasteiger partial charge in [0.05, 0.1) is 12.3 Å². The summed E-state index contributed by atoms with van der Waals surface area (Å²) in [5.41, 5.74) is 2.35. The van der Waals surface area contributed by atoms with Gasteiger partial charge in [0, 0.05) is 15.5 Å². The zero-order chi connectivity index (χ0) is 20.8. The molecular formula is C22H18ClN3O2S. The second kappa shape index (κ2) is 9.37. The van der Waals surface area contributed by atoms with Crippen molar-refractivity contribution in [1.29, 1.82) is 5.26 Å². The molecule has 0 bridgehead atoms. The monoisotopic (exact) mass is 423 g/mol. The third-order valence-electron chi connectivity index (χ3n) is 3.98. The lowest BCUT2D eigenvalue weighted by atomic mass is 10.1. The molecule has 0 atom stereocenters. The predicted molar refractivity (Wildman–Crippen MR) is 117 cm³/mol. The molecule has 2 aromatic carbocycles. The van der Waals surface area contributed by atoms with E-state index in [1.54, 1.807) is 30.3 Å². The van der Waals surface area contributed by atoms with Gasteiger partial charge < -0.3 is 4.74 Å². The van der Waals surface area contributed by atoms with Crippen LogP contribution in [-0.4, -0.2) is 17.5 Å². The molecule has 0 saturated carbocycles. The minimum absolute atomic E-state index is 0.00804. The SMILES string of the molecule is CCOc1ccc(C=C(C#N)C(=O)Nc2nc(-c3cccc(Cl)c3)c(C)s2)cc1. The quantitative estimate of drug-likeness (QED) is 0.406. The van der Waals surface area contributed by atoms with E-state index >= 15 is 0 Å². The summed E-state index contributed by atoms with van der Waals surface area (Å²) in [5.74, 6) is 0.229. The molecule has 0 aliphatic rings. The Balaban J connectivity index is 1.78. The van der Waals surface area contributed by atoms with Crippen molar-refractivity contribution in [3.63, 3.8) is 0 Å². The molecule has 0 radical (unpaired) electrons. The van der Waals surface area contributed by atoms with Crippen LogP contribution in [0.25, 0.3) is 17.3 Å². The van der Waals surface area contributed by atoms with Crippen LogP contribution in [0.2, 0.25) is 5.02 Å². The number of anilines is 1. The summed E-state index contributed by atoms with van der Waals surface area (Å²) < 4.78 is 5.40. The zero-order valence-electron chi connectivity index (χ0n) is 15.9. The Labute approximate surface area is 178 Å². The van der Waals surface area contributed by atoms with Crippen molar-refractivity contribution in [2.45, 2.75) is 13.8 Å². The maximum Gasteiger partial charge on any atom is 0.268 e. The molecule has 1 amide bonds. The molecular weight excluding hydrogens is 406 g/mol. The number of ether oxygens (including phenoxy) is 1. The fourth-order valence-corrected chi connectivity index (χ4v) is 3.68. The van der Waals surface area contributed by atoms with E-state index in [2.05, 4.69) is 10.3 Å². The largest absolute Gasteiger partial charge is 0.494 e. The summed E-state index contributed by atoms with van der Waals surface area (Å²) in [4.78, 5) is 18.0. The number of halogens is 1. The number of aromatic nitrogens is 1. The first-order chi connectivity index (χ1) is 14.0. The lowest BCUT2D eigenvalue weighted by Crippen LogP contribution is -2.13. The van der Waals surface area contributed by atoms with Crippen LogP contribution in [0.3, 0.4) is 0 Å². The van der Waals surface area contributed by atoms with Crippen molar-refractivity contribution in [3.8, 4) is 23.1 Å². The molecule has 29 heavy (non-hydrogen) atoms. The second-order valence-electron chi connectivity index (χ2n) is 6.06. The molecule has 0 fully saturated rings. The van der Waals surface area contributed by atoms with Crippen molar-refractivity contribution in [2.24, 2.45) is 0 Å². The highest BCUT2D eigenvalue weighted by Crippen LogP contribution is 2.31. The summed E-state index contributed by atoms with van der Waals surface area (Å²) in [6, 6.07) is 16.5. The van der Waals surface area contributed by atoms with Gasteiger partial charge in [-0.2, -0.15) is 5.26 Å². The number of carbonyl (C=O) groups is 1. The van der Waals surface area contributed by atoms with Crippen LogP contribution >= 0.6 is 22.9 Å². The Morgan fingerprint density at radius 1 is 1.31 bits per heavy atom. The highest BCUT2D eigenvalue weighted by atomic mass is 35.5. The Kier molecular flexibility index (Phi) is 6.65. The van der Waals surface area contributed by atoms with Crippen molar-refractivity contribution in [3.05, 3.63) is 69.6 Å². The number of carbonyl (C=O) groups excluding carboxylic acids is 1. The van der Waals surface area contributed by atoms with Crippen LogP contribution in [0.4, 0.5) is 5.13 Å². The summed E-state index contributed by atoms with van der Waals surface area (Å²) >= 11 is 7.40. The first kappa shape index (κ1) is 20.6. The van der Waals surface area contributed by atoms with Crippen LogP contribution < -0.4 is 10.1 Å². The third kappa shape index (κ3) is 5.23. The minimum atomic E-state index is -0.507.